The predicted molar refractivity (Wildman–Crippen MR) is 356 cm³/mol. The minimum Gasteiger partial charge on any atom is -0.466 e. The predicted octanol–water partition coefficient (Wildman–Crippen LogP) is 23.9. The van der Waals surface area contributed by atoms with Gasteiger partial charge in [0.2, 0.25) is 5.91 Å². The zero-order chi connectivity index (χ0) is 58.5. The van der Waals surface area contributed by atoms with Crippen LogP contribution in [0.5, 0.6) is 0 Å². The lowest BCUT2D eigenvalue weighted by Gasteiger charge is -2.20. The van der Waals surface area contributed by atoms with Gasteiger partial charge < -0.3 is 20.3 Å². The molecule has 0 rings (SSSR count). The molecule has 0 aliphatic rings. The van der Waals surface area contributed by atoms with E-state index >= 15 is 0 Å². The van der Waals surface area contributed by atoms with E-state index in [0.717, 1.165) is 44.9 Å². The maximum Gasteiger partial charge on any atom is 0.305 e. The maximum atomic E-state index is 12.5. The molecule has 0 radical (unpaired) electrons. The van der Waals surface area contributed by atoms with Gasteiger partial charge in [0.25, 0.3) is 0 Å². The van der Waals surface area contributed by atoms with Gasteiger partial charge in [0, 0.05) is 12.8 Å². The minimum absolute atomic E-state index is 0.0151. The first-order valence-corrected chi connectivity index (χ1v) is 36.8. The molecule has 1 amide bonds. The molecule has 0 aromatic carbocycles. The number of amides is 1. The van der Waals surface area contributed by atoms with Crippen molar-refractivity contribution in [1.82, 2.24) is 5.32 Å². The highest BCUT2D eigenvalue weighted by Crippen LogP contribution is 2.19. The molecule has 2 atom stereocenters. The van der Waals surface area contributed by atoms with Crippen LogP contribution in [0.3, 0.4) is 0 Å². The lowest BCUT2D eigenvalue weighted by molar-refractivity contribution is -0.143. The summed E-state index contributed by atoms with van der Waals surface area (Å²) >= 11 is 0. The van der Waals surface area contributed by atoms with Gasteiger partial charge >= 0.3 is 5.97 Å². The summed E-state index contributed by atoms with van der Waals surface area (Å²) in [6.07, 6.45) is 91.0. The molecule has 6 nitrogen and oxygen atoms in total. The standard InChI is InChI=1S/C75H143NO5/c1-3-5-7-9-11-13-15-17-19-36-41-45-49-53-57-61-65-69-75(80)81-70-66-62-58-54-50-46-42-38-35-33-31-29-27-25-23-21-20-22-24-26-28-30-32-34-37-40-44-48-52-56-60-64-68-74(79)76-72(71-77)73(78)67-63-59-55-51-47-43-39-18-16-14-12-10-8-6-4-2/h17,19,23,25,63,67,72-73,77-78H,3-16,18,20-22,24,26-62,64-66,68-71H2,1-2H3,(H,76,79)/b19-17-,25-23-,67-63+. The molecule has 0 aromatic rings. The van der Waals surface area contributed by atoms with E-state index in [2.05, 4.69) is 43.5 Å². The largest absolute Gasteiger partial charge is 0.466 e. The Kier molecular flexibility index (Phi) is 68.9. The average Bonchev–Trinajstić information content (AvgIpc) is 3.47. The highest BCUT2D eigenvalue weighted by molar-refractivity contribution is 5.76. The second kappa shape index (κ2) is 70.6. The second-order valence-electron chi connectivity index (χ2n) is 25.3. The number of unbranched alkanes of at least 4 members (excludes halogenated alkanes) is 54. The number of allylic oxidation sites excluding steroid dienone is 5. The first-order chi connectivity index (χ1) is 40.0. The van der Waals surface area contributed by atoms with Crippen molar-refractivity contribution < 1.29 is 24.5 Å². The van der Waals surface area contributed by atoms with Gasteiger partial charge in [-0.15, -0.1) is 0 Å². The molecule has 0 heterocycles. The Labute approximate surface area is 506 Å². The van der Waals surface area contributed by atoms with Crippen molar-refractivity contribution in [2.45, 2.75) is 418 Å². The third-order valence-corrected chi connectivity index (χ3v) is 17.1. The molecule has 6 heteroatoms. The Hall–Kier alpha value is -1.92. The summed E-state index contributed by atoms with van der Waals surface area (Å²) in [5.74, 6) is -0.0480. The van der Waals surface area contributed by atoms with Crippen molar-refractivity contribution in [3.05, 3.63) is 36.5 Å². The molecular formula is C75H143NO5. The summed E-state index contributed by atoms with van der Waals surface area (Å²) < 4.78 is 5.50. The van der Waals surface area contributed by atoms with Crippen molar-refractivity contribution in [2.24, 2.45) is 0 Å². The second-order valence-corrected chi connectivity index (χ2v) is 25.3. The summed E-state index contributed by atoms with van der Waals surface area (Å²) in [6.45, 7) is 4.93. The van der Waals surface area contributed by atoms with E-state index < -0.39 is 12.1 Å². The lowest BCUT2D eigenvalue weighted by Crippen LogP contribution is -2.45. The van der Waals surface area contributed by atoms with E-state index in [-0.39, 0.29) is 18.5 Å². The molecule has 0 aliphatic heterocycles. The van der Waals surface area contributed by atoms with Gasteiger partial charge in [0.05, 0.1) is 25.4 Å². The van der Waals surface area contributed by atoms with Crippen LogP contribution in [0.15, 0.2) is 36.5 Å². The number of rotatable bonds is 69. The average molecular weight is 1140 g/mol. The fourth-order valence-electron chi connectivity index (χ4n) is 11.5. The summed E-state index contributed by atoms with van der Waals surface area (Å²) in [5.41, 5.74) is 0. The van der Waals surface area contributed by atoms with Crippen LogP contribution in [0.2, 0.25) is 0 Å². The van der Waals surface area contributed by atoms with Gasteiger partial charge in [-0.25, -0.2) is 0 Å². The molecule has 0 saturated heterocycles. The third kappa shape index (κ3) is 67.1. The fourth-order valence-corrected chi connectivity index (χ4v) is 11.5. The molecule has 0 aliphatic carbocycles. The molecule has 3 N–H and O–H groups in total. The highest BCUT2D eigenvalue weighted by Gasteiger charge is 2.18. The SMILES string of the molecule is CCCCCCCC/C=C\CCCCCCCCCC(=O)OCCCCCCCCCCCCCC/C=C\CCCCCCCCCCCCCCCCCCC(=O)NC(CO)C(O)/C=C/CCCCCCCCCCCCCCC. The van der Waals surface area contributed by atoms with Crippen LogP contribution in [-0.2, 0) is 14.3 Å². The Morgan fingerprint density at radius 3 is 0.877 bits per heavy atom. The molecule has 0 fully saturated rings. The van der Waals surface area contributed by atoms with Gasteiger partial charge in [-0.05, 0) is 83.5 Å². The number of aliphatic hydroxyl groups excluding tert-OH is 2. The Morgan fingerprint density at radius 2 is 0.580 bits per heavy atom. The quantitative estimate of drug-likeness (QED) is 0.0320. The normalized spacial score (nSPS) is 12.7. The molecule has 2 unspecified atom stereocenters. The monoisotopic (exact) mass is 1140 g/mol. The number of aliphatic hydroxyl groups is 2. The summed E-state index contributed by atoms with van der Waals surface area (Å²) in [7, 11) is 0. The van der Waals surface area contributed by atoms with Crippen molar-refractivity contribution >= 4 is 11.9 Å². The summed E-state index contributed by atoms with van der Waals surface area (Å²) in [4.78, 5) is 24.6. The van der Waals surface area contributed by atoms with Crippen LogP contribution in [0, 0.1) is 0 Å². The first-order valence-electron chi connectivity index (χ1n) is 36.8. The maximum absolute atomic E-state index is 12.5. The molecule has 478 valence electrons. The van der Waals surface area contributed by atoms with E-state index in [1.165, 1.54) is 334 Å². The van der Waals surface area contributed by atoms with Gasteiger partial charge in [-0.2, -0.15) is 0 Å². The summed E-state index contributed by atoms with van der Waals surface area (Å²) in [5, 5.41) is 23.2. The van der Waals surface area contributed by atoms with E-state index in [4.69, 9.17) is 4.74 Å². The van der Waals surface area contributed by atoms with Crippen LogP contribution >= 0.6 is 0 Å². The zero-order valence-electron chi connectivity index (χ0n) is 54.8. The zero-order valence-corrected chi connectivity index (χ0v) is 54.8. The van der Waals surface area contributed by atoms with E-state index in [1.54, 1.807) is 6.08 Å². The molecule has 0 aromatic heterocycles. The topological polar surface area (TPSA) is 95.9 Å². The van der Waals surface area contributed by atoms with E-state index in [1.807, 2.05) is 6.08 Å². The fraction of sp³-hybridized carbons (Fsp3) is 0.893. The number of carbonyl (C=O) groups is 2. The molecule has 0 spiro atoms. The van der Waals surface area contributed by atoms with Gasteiger partial charge in [0.15, 0.2) is 0 Å². The molecule has 0 bridgehead atoms. The Bertz CT molecular complexity index is 1310. The molecule has 81 heavy (non-hydrogen) atoms. The van der Waals surface area contributed by atoms with Gasteiger partial charge in [-0.1, -0.05) is 346 Å². The van der Waals surface area contributed by atoms with Gasteiger partial charge in [-0.3, -0.25) is 9.59 Å². The first kappa shape index (κ1) is 79.1. The Morgan fingerprint density at radius 1 is 0.333 bits per heavy atom. The highest BCUT2D eigenvalue weighted by atomic mass is 16.5. The van der Waals surface area contributed by atoms with Crippen LogP contribution < -0.4 is 5.32 Å². The van der Waals surface area contributed by atoms with Crippen LogP contribution in [0.4, 0.5) is 0 Å². The minimum atomic E-state index is -0.842. The van der Waals surface area contributed by atoms with Crippen molar-refractivity contribution in [1.29, 1.82) is 0 Å². The Balaban J connectivity index is 3.36. The van der Waals surface area contributed by atoms with Crippen LogP contribution in [-0.4, -0.2) is 47.4 Å². The van der Waals surface area contributed by atoms with Crippen LogP contribution in [0.25, 0.3) is 0 Å². The number of hydrogen-bond acceptors (Lipinski definition) is 5. The number of nitrogens with one attached hydrogen (secondary N) is 1. The number of hydrogen-bond donors (Lipinski definition) is 3. The third-order valence-electron chi connectivity index (χ3n) is 17.1. The molecular weight excluding hydrogens is 995 g/mol. The van der Waals surface area contributed by atoms with Crippen molar-refractivity contribution in [3.63, 3.8) is 0 Å². The number of carbonyl (C=O) groups excluding carboxylic acids is 2. The molecule has 0 saturated carbocycles. The number of ether oxygens (including phenoxy) is 1. The van der Waals surface area contributed by atoms with Crippen molar-refractivity contribution in [2.75, 3.05) is 13.2 Å². The number of esters is 1. The van der Waals surface area contributed by atoms with E-state index in [0.29, 0.717) is 19.4 Å². The van der Waals surface area contributed by atoms with Crippen LogP contribution in [0.1, 0.15) is 406 Å². The summed E-state index contributed by atoms with van der Waals surface area (Å²) in [6, 6.07) is -0.626. The van der Waals surface area contributed by atoms with Gasteiger partial charge in [0.1, 0.15) is 0 Å². The smallest absolute Gasteiger partial charge is 0.305 e. The van der Waals surface area contributed by atoms with Crippen molar-refractivity contribution in [3.8, 4) is 0 Å². The van der Waals surface area contributed by atoms with E-state index in [9.17, 15) is 19.8 Å². The lowest BCUT2D eigenvalue weighted by atomic mass is 10.0.